The summed E-state index contributed by atoms with van der Waals surface area (Å²) in [7, 11) is 0. The Hall–Kier alpha value is -2.92. The summed E-state index contributed by atoms with van der Waals surface area (Å²) < 4.78 is 10.8. The predicted octanol–water partition coefficient (Wildman–Crippen LogP) is 27.6. The second-order valence-electron chi connectivity index (χ2n) is 26.4. The van der Waals surface area contributed by atoms with Crippen molar-refractivity contribution in [1.82, 2.24) is 0 Å². The number of allylic oxidation sites excluding steroid dienone is 14. The summed E-state index contributed by atoms with van der Waals surface area (Å²) in [5.74, 6) is -0.578. The minimum absolute atomic E-state index is 0.0659. The molecule has 1 unspecified atom stereocenters. The Labute approximate surface area is 549 Å². The number of hydrogen-bond donors (Lipinski definition) is 1. The number of ether oxygens (including phenoxy) is 2. The fraction of sp³-hybridized carbons (Fsp3) is 0.807. The first-order valence-corrected chi connectivity index (χ1v) is 39.1. The van der Waals surface area contributed by atoms with Crippen molar-refractivity contribution in [2.45, 2.75) is 418 Å². The maximum Gasteiger partial charge on any atom is 0.306 e. The highest BCUT2D eigenvalue weighted by Crippen LogP contribution is 2.20. The van der Waals surface area contributed by atoms with Gasteiger partial charge in [0.05, 0.1) is 6.61 Å². The van der Waals surface area contributed by atoms with Crippen LogP contribution in [0.1, 0.15) is 412 Å². The number of carbonyl (C=O) groups excluding carboxylic acids is 2. The molecule has 0 aromatic heterocycles. The molecule has 512 valence electrons. The van der Waals surface area contributed by atoms with E-state index in [0.717, 1.165) is 83.5 Å². The van der Waals surface area contributed by atoms with Crippen LogP contribution in [0.5, 0.6) is 0 Å². The topological polar surface area (TPSA) is 72.8 Å². The largest absolute Gasteiger partial charge is 0.462 e. The SMILES string of the molecule is CC/C=C\C/C=C\C/C=C\C/C=C\C/C=C\C/C=C\C/C=C\CCCCCCCCCCCCCC(=O)OC(CO)COC(=O)CCCCCCCCCCCCCCCCCCCCCCCCCCCCCCCCCCCCCCCCCCC. The minimum Gasteiger partial charge on any atom is -0.462 e. The normalized spacial score (nSPS) is 12.6. The van der Waals surface area contributed by atoms with Gasteiger partial charge in [-0.2, -0.15) is 0 Å². The molecule has 0 amide bonds. The zero-order valence-corrected chi connectivity index (χ0v) is 59.0. The van der Waals surface area contributed by atoms with E-state index in [1.165, 1.54) is 302 Å². The van der Waals surface area contributed by atoms with Crippen molar-refractivity contribution in [3.63, 3.8) is 0 Å². The Balaban J connectivity index is 3.40. The zero-order chi connectivity index (χ0) is 63.3. The summed E-state index contributed by atoms with van der Waals surface area (Å²) in [5, 5.41) is 9.72. The Morgan fingerprint density at radius 3 is 0.739 bits per heavy atom. The molecule has 0 heterocycles. The van der Waals surface area contributed by atoms with Gasteiger partial charge in [0.1, 0.15) is 6.61 Å². The lowest BCUT2D eigenvalue weighted by Crippen LogP contribution is -2.28. The van der Waals surface area contributed by atoms with E-state index in [4.69, 9.17) is 9.47 Å². The Morgan fingerprint density at radius 1 is 0.273 bits per heavy atom. The molecule has 0 rings (SSSR count). The highest BCUT2D eigenvalue weighted by Gasteiger charge is 2.16. The smallest absolute Gasteiger partial charge is 0.306 e. The summed E-state index contributed by atoms with van der Waals surface area (Å²) in [6, 6.07) is 0. The van der Waals surface area contributed by atoms with Gasteiger partial charge in [0.15, 0.2) is 6.10 Å². The van der Waals surface area contributed by atoms with Gasteiger partial charge in [-0.1, -0.05) is 414 Å². The maximum absolute atomic E-state index is 12.4. The van der Waals surface area contributed by atoms with Crippen LogP contribution in [0.3, 0.4) is 0 Å². The van der Waals surface area contributed by atoms with Crippen molar-refractivity contribution in [1.29, 1.82) is 0 Å². The van der Waals surface area contributed by atoms with E-state index in [2.05, 4.69) is 98.9 Å². The van der Waals surface area contributed by atoms with Crippen LogP contribution in [0.15, 0.2) is 85.1 Å². The summed E-state index contributed by atoms with van der Waals surface area (Å²) in [6.07, 6.45) is 111. The first-order chi connectivity index (χ1) is 43.6. The average Bonchev–Trinajstić information content (AvgIpc) is 3.56. The highest BCUT2D eigenvalue weighted by molar-refractivity contribution is 5.70. The third-order valence-electron chi connectivity index (χ3n) is 17.7. The van der Waals surface area contributed by atoms with Crippen LogP contribution in [-0.2, 0) is 19.1 Å². The molecule has 0 aliphatic rings. The van der Waals surface area contributed by atoms with E-state index in [1.54, 1.807) is 0 Å². The molecule has 0 aromatic carbocycles. The van der Waals surface area contributed by atoms with Gasteiger partial charge < -0.3 is 14.6 Å². The van der Waals surface area contributed by atoms with Crippen molar-refractivity contribution >= 4 is 11.9 Å². The standard InChI is InChI=1S/C83H150O5/c1-3-5-7-9-11-13-15-17-19-21-23-25-27-29-31-33-35-37-38-39-40-41-42-43-44-46-47-49-51-53-55-57-59-61-63-65-67-69-71-73-75-77-82(85)87-80-81(79-84)88-83(86)78-76-74-72-70-68-66-64-62-60-58-56-54-52-50-48-45-36-34-32-30-28-26-24-22-20-18-16-14-12-10-8-6-4-2/h6,8,12,14,18,20,24,26,30,32,36,45,50,52,81,84H,3-5,7,9-11,13,15-17,19,21-23,25,27-29,31,33-35,37-44,46-49,51,53-80H2,1-2H3/b8-6-,14-12-,20-18-,26-24-,32-30-,45-36-,52-50-. The lowest BCUT2D eigenvalue weighted by atomic mass is 10.0. The molecule has 1 N–H and O–H groups in total. The Bertz CT molecular complexity index is 1580. The lowest BCUT2D eigenvalue weighted by molar-refractivity contribution is -0.161. The van der Waals surface area contributed by atoms with Crippen LogP contribution >= 0.6 is 0 Å². The number of unbranched alkanes of at least 4 members (excludes halogenated alkanes) is 51. The molecule has 0 spiro atoms. The van der Waals surface area contributed by atoms with Crippen LogP contribution in [0.25, 0.3) is 0 Å². The third kappa shape index (κ3) is 75.5. The highest BCUT2D eigenvalue weighted by atomic mass is 16.6. The quantitative estimate of drug-likeness (QED) is 0.0373. The van der Waals surface area contributed by atoms with Crippen molar-refractivity contribution in [3.8, 4) is 0 Å². The van der Waals surface area contributed by atoms with Crippen LogP contribution < -0.4 is 0 Å². The maximum atomic E-state index is 12.4. The van der Waals surface area contributed by atoms with Crippen molar-refractivity contribution in [2.75, 3.05) is 13.2 Å². The molecule has 0 aliphatic carbocycles. The Kier molecular flexibility index (Phi) is 75.7. The molecule has 0 saturated carbocycles. The molecule has 0 saturated heterocycles. The number of aliphatic hydroxyl groups excluding tert-OH is 1. The van der Waals surface area contributed by atoms with Gasteiger partial charge in [-0.05, 0) is 70.6 Å². The van der Waals surface area contributed by atoms with Gasteiger partial charge in [-0.15, -0.1) is 0 Å². The lowest BCUT2D eigenvalue weighted by Gasteiger charge is -2.15. The van der Waals surface area contributed by atoms with Crippen LogP contribution in [-0.4, -0.2) is 36.4 Å². The molecule has 5 nitrogen and oxygen atoms in total. The monoisotopic (exact) mass is 1230 g/mol. The van der Waals surface area contributed by atoms with E-state index in [9.17, 15) is 14.7 Å². The molecule has 5 heteroatoms. The van der Waals surface area contributed by atoms with E-state index in [1.807, 2.05) is 0 Å². The molecule has 0 aromatic rings. The molecule has 88 heavy (non-hydrogen) atoms. The summed E-state index contributed by atoms with van der Waals surface area (Å²) in [6.45, 7) is 4.08. The van der Waals surface area contributed by atoms with E-state index in [-0.39, 0.29) is 25.2 Å². The van der Waals surface area contributed by atoms with E-state index < -0.39 is 6.10 Å². The van der Waals surface area contributed by atoms with Gasteiger partial charge in [-0.25, -0.2) is 0 Å². The fourth-order valence-corrected chi connectivity index (χ4v) is 11.9. The number of carbonyl (C=O) groups is 2. The van der Waals surface area contributed by atoms with Gasteiger partial charge in [0.2, 0.25) is 0 Å². The first-order valence-electron chi connectivity index (χ1n) is 39.1. The Morgan fingerprint density at radius 2 is 0.489 bits per heavy atom. The number of aliphatic hydroxyl groups is 1. The summed E-state index contributed by atoms with van der Waals surface area (Å²) in [4.78, 5) is 24.7. The molecule has 0 radical (unpaired) electrons. The van der Waals surface area contributed by atoms with Crippen LogP contribution in [0, 0.1) is 0 Å². The molecule has 1 atom stereocenters. The summed E-state index contributed by atoms with van der Waals surface area (Å²) in [5.41, 5.74) is 0. The van der Waals surface area contributed by atoms with E-state index in [0.29, 0.717) is 12.8 Å². The average molecular weight is 1230 g/mol. The van der Waals surface area contributed by atoms with Crippen molar-refractivity contribution in [2.24, 2.45) is 0 Å². The van der Waals surface area contributed by atoms with Crippen molar-refractivity contribution < 1.29 is 24.2 Å². The number of hydrogen-bond acceptors (Lipinski definition) is 5. The van der Waals surface area contributed by atoms with Crippen LogP contribution in [0.2, 0.25) is 0 Å². The fourth-order valence-electron chi connectivity index (χ4n) is 11.9. The molecular formula is C83H150O5. The molecular weight excluding hydrogens is 1080 g/mol. The second kappa shape index (κ2) is 78.3. The second-order valence-corrected chi connectivity index (χ2v) is 26.4. The van der Waals surface area contributed by atoms with E-state index >= 15 is 0 Å². The van der Waals surface area contributed by atoms with Gasteiger partial charge in [0.25, 0.3) is 0 Å². The van der Waals surface area contributed by atoms with Gasteiger partial charge in [-0.3, -0.25) is 9.59 Å². The van der Waals surface area contributed by atoms with Gasteiger partial charge in [0, 0.05) is 12.8 Å². The van der Waals surface area contributed by atoms with Gasteiger partial charge >= 0.3 is 11.9 Å². The third-order valence-corrected chi connectivity index (χ3v) is 17.7. The number of rotatable bonds is 73. The minimum atomic E-state index is -0.778. The van der Waals surface area contributed by atoms with Crippen molar-refractivity contribution in [3.05, 3.63) is 85.1 Å². The molecule has 0 aliphatic heterocycles. The zero-order valence-electron chi connectivity index (χ0n) is 59.0. The predicted molar refractivity (Wildman–Crippen MR) is 390 cm³/mol. The summed E-state index contributed by atoms with van der Waals surface area (Å²) >= 11 is 0. The van der Waals surface area contributed by atoms with Crippen LogP contribution in [0.4, 0.5) is 0 Å². The molecule has 0 fully saturated rings. The number of esters is 2. The molecule has 0 bridgehead atoms. The first kappa shape index (κ1) is 85.1.